The fourth-order valence-corrected chi connectivity index (χ4v) is 3.15. The van der Waals surface area contributed by atoms with Crippen molar-refractivity contribution in [3.63, 3.8) is 0 Å². The monoisotopic (exact) mass is 380 g/mol. The van der Waals surface area contributed by atoms with Crippen LogP contribution >= 0.6 is 0 Å². The number of rotatable bonds is 4. The van der Waals surface area contributed by atoms with Crippen LogP contribution in [-0.2, 0) is 9.57 Å². The number of nitrogens with one attached hydrogen (secondary N) is 1. The predicted molar refractivity (Wildman–Crippen MR) is 99.9 cm³/mol. The van der Waals surface area contributed by atoms with Crippen molar-refractivity contribution in [2.45, 2.75) is 18.9 Å². The Labute approximate surface area is 162 Å². The van der Waals surface area contributed by atoms with Gasteiger partial charge in [-0.2, -0.15) is 10.7 Å². The highest BCUT2D eigenvalue weighted by molar-refractivity contribution is 5.93. The van der Waals surface area contributed by atoms with Gasteiger partial charge in [0.05, 0.1) is 24.3 Å². The number of amides is 2. The van der Waals surface area contributed by atoms with Crippen LogP contribution < -0.4 is 5.48 Å². The Bertz CT molecular complexity index is 909. The van der Waals surface area contributed by atoms with E-state index in [1.165, 1.54) is 6.20 Å². The largest absolute Gasteiger partial charge is 0.434 e. The van der Waals surface area contributed by atoms with Crippen molar-refractivity contribution in [2.75, 3.05) is 20.3 Å². The minimum atomic E-state index is -0.630. The van der Waals surface area contributed by atoms with E-state index in [1.54, 1.807) is 42.3 Å². The van der Waals surface area contributed by atoms with Crippen LogP contribution in [0.3, 0.4) is 0 Å². The van der Waals surface area contributed by atoms with Crippen LogP contribution in [-0.4, -0.2) is 48.2 Å². The Morgan fingerprint density at radius 2 is 2.14 bits per heavy atom. The topological polar surface area (TPSA) is 105 Å². The number of methoxy groups -OCH3 is 1. The van der Waals surface area contributed by atoms with Crippen molar-refractivity contribution in [2.24, 2.45) is 0 Å². The molecule has 2 amide bonds. The third-order valence-corrected chi connectivity index (χ3v) is 4.52. The molecular weight excluding hydrogens is 360 g/mol. The fraction of sp³-hybridized carbons (Fsp3) is 0.300. The molecule has 1 aromatic heterocycles. The van der Waals surface area contributed by atoms with E-state index in [4.69, 9.17) is 14.8 Å². The van der Waals surface area contributed by atoms with Gasteiger partial charge in [-0.25, -0.2) is 4.79 Å². The number of aromatic nitrogens is 1. The van der Waals surface area contributed by atoms with E-state index in [1.807, 2.05) is 6.07 Å². The van der Waals surface area contributed by atoms with E-state index < -0.39 is 12.0 Å². The van der Waals surface area contributed by atoms with Crippen LogP contribution in [0.25, 0.3) is 11.1 Å². The van der Waals surface area contributed by atoms with Gasteiger partial charge in [0.25, 0.3) is 0 Å². The molecule has 1 atom stereocenters. The first-order chi connectivity index (χ1) is 13.6. The first-order valence-corrected chi connectivity index (χ1v) is 8.85. The second-order valence-corrected chi connectivity index (χ2v) is 6.37. The Balaban J connectivity index is 1.65. The molecule has 1 saturated heterocycles. The first-order valence-electron chi connectivity index (χ1n) is 8.85. The number of ether oxygens (including phenoxy) is 1. The second-order valence-electron chi connectivity index (χ2n) is 6.37. The van der Waals surface area contributed by atoms with Crippen LogP contribution in [0.5, 0.6) is 0 Å². The normalized spacial score (nSPS) is 15.7. The van der Waals surface area contributed by atoms with Gasteiger partial charge in [-0.3, -0.25) is 9.78 Å². The summed E-state index contributed by atoms with van der Waals surface area (Å²) >= 11 is 0. The van der Waals surface area contributed by atoms with Crippen LogP contribution in [0.15, 0.2) is 42.6 Å². The number of nitrogens with zero attached hydrogens (tertiary/aromatic N) is 3. The summed E-state index contributed by atoms with van der Waals surface area (Å²) in [7, 11) is 1.58. The van der Waals surface area contributed by atoms with Crippen molar-refractivity contribution < 1.29 is 19.2 Å². The van der Waals surface area contributed by atoms with Gasteiger partial charge in [0.1, 0.15) is 5.69 Å². The number of likely N-dealkylation sites (tertiary alicyclic amines) is 1. The van der Waals surface area contributed by atoms with E-state index in [2.05, 4.69) is 16.5 Å². The molecule has 3 rings (SSSR count). The zero-order chi connectivity index (χ0) is 19.9. The molecule has 8 nitrogen and oxygen atoms in total. The summed E-state index contributed by atoms with van der Waals surface area (Å²) in [5, 5.41) is 9.03. The predicted octanol–water partition coefficient (Wildman–Crippen LogP) is 2.51. The first kappa shape index (κ1) is 19.3. The van der Waals surface area contributed by atoms with Crippen LogP contribution in [0, 0.1) is 11.3 Å². The molecule has 1 aromatic carbocycles. The molecule has 0 aliphatic carbocycles. The van der Waals surface area contributed by atoms with Gasteiger partial charge < -0.3 is 14.5 Å². The number of carbonyl (C=O) groups is 2. The van der Waals surface area contributed by atoms with Crippen LogP contribution in [0.4, 0.5) is 4.79 Å². The number of hydrogen-bond donors (Lipinski definition) is 1. The van der Waals surface area contributed by atoms with Crippen molar-refractivity contribution in [1.29, 1.82) is 5.26 Å². The number of pyridine rings is 1. The lowest BCUT2D eigenvalue weighted by Crippen LogP contribution is -2.41. The molecule has 0 radical (unpaired) electrons. The highest BCUT2D eigenvalue weighted by Crippen LogP contribution is 2.21. The molecule has 1 unspecified atom stereocenters. The third kappa shape index (κ3) is 4.45. The van der Waals surface area contributed by atoms with Gasteiger partial charge in [0.2, 0.25) is 0 Å². The SMILES string of the molecule is COCC1CCCN1C(=O)ONC(=O)c1cc(-c2cccc(C#N)c2)ccn1. The number of hydroxylamine groups is 1. The van der Waals surface area contributed by atoms with Gasteiger partial charge in [0, 0.05) is 19.9 Å². The van der Waals surface area contributed by atoms with Gasteiger partial charge in [-0.15, -0.1) is 0 Å². The highest BCUT2D eigenvalue weighted by atomic mass is 16.7. The average Bonchev–Trinajstić information content (AvgIpc) is 3.20. The van der Waals surface area contributed by atoms with Crippen LogP contribution in [0.2, 0.25) is 0 Å². The summed E-state index contributed by atoms with van der Waals surface area (Å²) in [5.74, 6) is -0.630. The second kappa shape index (κ2) is 8.97. The standard InChI is InChI=1S/C20H20N4O4/c1-27-13-17-6-3-9-24(17)20(26)28-23-19(25)18-11-16(7-8-22-18)15-5-2-4-14(10-15)12-21/h2,4-5,7-8,10-11,17H,3,6,9,13H2,1H3,(H,23,25). The van der Waals surface area contributed by atoms with E-state index in [0.29, 0.717) is 18.7 Å². The Morgan fingerprint density at radius 3 is 2.93 bits per heavy atom. The molecule has 1 N–H and O–H groups in total. The average molecular weight is 380 g/mol. The van der Waals surface area contributed by atoms with E-state index in [-0.39, 0.29) is 11.7 Å². The summed E-state index contributed by atoms with van der Waals surface area (Å²) in [6, 6.07) is 12.4. The third-order valence-electron chi connectivity index (χ3n) is 4.52. The quantitative estimate of drug-likeness (QED) is 0.817. The molecule has 0 spiro atoms. The summed E-state index contributed by atoms with van der Waals surface area (Å²) < 4.78 is 5.11. The Hall–Kier alpha value is -3.44. The maximum atomic E-state index is 12.3. The number of hydrogen-bond acceptors (Lipinski definition) is 6. The molecule has 1 aliphatic heterocycles. The Morgan fingerprint density at radius 1 is 1.32 bits per heavy atom. The van der Waals surface area contributed by atoms with E-state index >= 15 is 0 Å². The van der Waals surface area contributed by atoms with Crippen molar-refractivity contribution in [3.8, 4) is 17.2 Å². The highest BCUT2D eigenvalue weighted by Gasteiger charge is 2.30. The maximum Gasteiger partial charge on any atom is 0.434 e. The number of benzene rings is 1. The molecule has 8 heteroatoms. The zero-order valence-electron chi connectivity index (χ0n) is 15.4. The zero-order valence-corrected chi connectivity index (χ0v) is 15.4. The number of carbonyl (C=O) groups excluding carboxylic acids is 2. The number of nitriles is 1. The smallest absolute Gasteiger partial charge is 0.383 e. The fourth-order valence-electron chi connectivity index (χ4n) is 3.15. The molecule has 2 aromatic rings. The van der Waals surface area contributed by atoms with Gasteiger partial charge in [-0.05, 0) is 48.2 Å². The molecular formula is C20H20N4O4. The molecule has 0 saturated carbocycles. The van der Waals surface area contributed by atoms with Crippen molar-refractivity contribution in [3.05, 3.63) is 53.9 Å². The van der Waals surface area contributed by atoms with Gasteiger partial charge in [-0.1, -0.05) is 12.1 Å². The van der Waals surface area contributed by atoms with Crippen molar-refractivity contribution >= 4 is 12.0 Å². The summed E-state index contributed by atoms with van der Waals surface area (Å²) in [4.78, 5) is 35.1. The molecule has 1 aliphatic rings. The van der Waals surface area contributed by atoms with E-state index in [9.17, 15) is 9.59 Å². The van der Waals surface area contributed by atoms with E-state index in [0.717, 1.165) is 24.0 Å². The van der Waals surface area contributed by atoms with Gasteiger partial charge in [0.15, 0.2) is 0 Å². The molecule has 144 valence electrons. The summed E-state index contributed by atoms with van der Waals surface area (Å²) in [6.45, 7) is 0.986. The van der Waals surface area contributed by atoms with Crippen molar-refractivity contribution in [1.82, 2.24) is 15.4 Å². The Kier molecular flexibility index (Phi) is 6.19. The maximum absolute atomic E-state index is 12.3. The summed E-state index contributed by atoms with van der Waals surface area (Å²) in [6.07, 6.45) is 2.57. The molecule has 2 heterocycles. The minimum Gasteiger partial charge on any atom is -0.383 e. The lowest BCUT2D eigenvalue weighted by molar-refractivity contribution is 0.0329. The summed E-state index contributed by atoms with van der Waals surface area (Å²) in [5.41, 5.74) is 4.28. The molecule has 28 heavy (non-hydrogen) atoms. The van der Waals surface area contributed by atoms with Crippen LogP contribution in [0.1, 0.15) is 28.9 Å². The minimum absolute atomic E-state index is 0.0525. The van der Waals surface area contributed by atoms with Gasteiger partial charge >= 0.3 is 12.0 Å². The molecule has 0 bridgehead atoms. The lowest BCUT2D eigenvalue weighted by atomic mass is 10.0. The molecule has 1 fully saturated rings. The lowest BCUT2D eigenvalue weighted by Gasteiger charge is -2.22.